The van der Waals surface area contributed by atoms with E-state index in [1.807, 2.05) is 19.1 Å². The summed E-state index contributed by atoms with van der Waals surface area (Å²) in [5.41, 5.74) is 2.20. The van der Waals surface area contributed by atoms with Crippen LogP contribution in [0.2, 0.25) is 0 Å². The van der Waals surface area contributed by atoms with Crippen LogP contribution in [0.3, 0.4) is 0 Å². The van der Waals surface area contributed by atoms with E-state index in [2.05, 4.69) is 12.2 Å². The van der Waals surface area contributed by atoms with Crippen molar-refractivity contribution < 1.29 is 9.90 Å². The molecule has 16 heavy (non-hydrogen) atoms. The van der Waals surface area contributed by atoms with Gasteiger partial charge in [0.1, 0.15) is 0 Å². The number of aryl methyl sites for hydroxylation is 1. The molecule has 2 N–H and O–H groups in total. The lowest BCUT2D eigenvalue weighted by molar-refractivity contribution is 0.0698. The van der Waals surface area contributed by atoms with Crippen molar-refractivity contribution in [1.29, 1.82) is 0 Å². The summed E-state index contributed by atoms with van der Waals surface area (Å²) < 4.78 is 0. The van der Waals surface area contributed by atoms with Gasteiger partial charge in [-0.05, 0) is 43.4 Å². The predicted octanol–water partition coefficient (Wildman–Crippen LogP) is 2.90. The maximum absolute atomic E-state index is 11.0. The maximum Gasteiger partial charge on any atom is 0.337 e. The van der Waals surface area contributed by atoms with E-state index >= 15 is 0 Å². The summed E-state index contributed by atoms with van der Waals surface area (Å²) in [6.45, 7) is 4.19. The number of carbonyl (C=O) groups is 1. The first kappa shape index (κ1) is 11.0. The highest BCUT2D eigenvalue weighted by Gasteiger charge is 2.26. The van der Waals surface area contributed by atoms with Crippen molar-refractivity contribution in [3.8, 4) is 0 Å². The van der Waals surface area contributed by atoms with Gasteiger partial charge in [-0.25, -0.2) is 4.79 Å². The minimum atomic E-state index is -0.866. The van der Waals surface area contributed by atoms with Crippen molar-refractivity contribution in [2.75, 3.05) is 5.32 Å². The van der Waals surface area contributed by atoms with Crippen molar-refractivity contribution in [1.82, 2.24) is 0 Å². The molecule has 3 heteroatoms. The normalized spacial score (nSPS) is 23.6. The van der Waals surface area contributed by atoms with Crippen LogP contribution >= 0.6 is 0 Å². The monoisotopic (exact) mass is 219 g/mol. The molecule has 1 aliphatic carbocycles. The summed E-state index contributed by atoms with van der Waals surface area (Å²) >= 11 is 0. The van der Waals surface area contributed by atoms with Gasteiger partial charge in [0, 0.05) is 11.7 Å². The van der Waals surface area contributed by atoms with Crippen LogP contribution in [0.5, 0.6) is 0 Å². The Morgan fingerprint density at radius 1 is 1.44 bits per heavy atom. The van der Waals surface area contributed by atoms with Crippen LogP contribution in [-0.2, 0) is 0 Å². The Hall–Kier alpha value is -1.51. The van der Waals surface area contributed by atoms with Gasteiger partial charge < -0.3 is 10.4 Å². The fraction of sp³-hybridized carbons (Fsp3) is 0.462. The summed E-state index contributed by atoms with van der Waals surface area (Å²) in [5.74, 6) is -0.106. The molecular weight excluding hydrogens is 202 g/mol. The van der Waals surface area contributed by atoms with E-state index in [1.54, 1.807) is 6.07 Å². The first-order chi connectivity index (χ1) is 7.56. The molecular formula is C13H17NO2. The third kappa shape index (κ3) is 2.18. The number of anilines is 1. The Kier molecular flexibility index (Phi) is 2.86. The van der Waals surface area contributed by atoms with Gasteiger partial charge in [0.05, 0.1) is 5.56 Å². The molecule has 86 valence electrons. The average Bonchev–Trinajstić information content (AvgIpc) is 2.15. The predicted molar refractivity (Wildman–Crippen MR) is 63.9 cm³/mol. The summed E-state index contributed by atoms with van der Waals surface area (Å²) in [6, 6.07) is 5.85. The molecule has 0 aromatic heterocycles. The van der Waals surface area contributed by atoms with Crippen molar-refractivity contribution in [3.63, 3.8) is 0 Å². The van der Waals surface area contributed by atoms with Crippen LogP contribution in [0.1, 0.15) is 35.7 Å². The number of benzene rings is 1. The Morgan fingerprint density at radius 3 is 2.69 bits per heavy atom. The van der Waals surface area contributed by atoms with E-state index in [9.17, 15) is 4.79 Å². The number of nitrogens with one attached hydrogen (secondary N) is 1. The van der Waals surface area contributed by atoms with Crippen molar-refractivity contribution in [2.45, 2.75) is 32.7 Å². The fourth-order valence-electron chi connectivity index (χ4n) is 2.20. The maximum atomic E-state index is 11.0. The second kappa shape index (κ2) is 4.16. The Morgan fingerprint density at radius 2 is 2.12 bits per heavy atom. The van der Waals surface area contributed by atoms with Crippen LogP contribution in [0.4, 0.5) is 5.69 Å². The number of hydrogen-bond donors (Lipinski definition) is 2. The van der Waals surface area contributed by atoms with Crippen LogP contribution in [0.25, 0.3) is 0 Å². The highest BCUT2D eigenvalue weighted by molar-refractivity contribution is 5.94. The molecule has 0 spiro atoms. The van der Waals surface area contributed by atoms with Crippen LogP contribution < -0.4 is 5.32 Å². The number of hydrogen-bond acceptors (Lipinski definition) is 2. The second-order valence-electron chi connectivity index (χ2n) is 4.77. The fourth-order valence-corrected chi connectivity index (χ4v) is 2.20. The van der Waals surface area contributed by atoms with Gasteiger partial charge in [-0.15, -0.1) is 0 Å². The number of carboxylic acid groups (broad SMARTS) is 1. The molecule has 0 bridgehead atoms. The molecule has 0 aliphatic heterocycles. The minimum absolute atomic E-state index is 0.366. The smallest absolute Gasteiger partial charge is 0.337 e. The van der Waals surface area contributed by atoms with Crippen molar-refractivity contribution in [3.05, 3.63) is 29.3 Å². The van der Waals surface area contributed by atoms with E-state index in [0.29, 0.717) is 11.6 Å². The standard InChI is InChI=1S/C13H17NO2/c1-8-3-4-11(13(15)16)12(7-8)14-10-5-9(2)6-10/h3-4,7,9-10,14H,5-6H2,1-2H3,(H,15,16). The molecule has 1 aromatic rings. The van der Waals surface area contributed by atoms with E-state index in [0.717, 1.165) is 30.0 Å². The number of rotatable bonds is 3. The molecule has 0 heterocycles. The molecule has 0 saturated heterocycles. The minimum Gasteiger partial charge on any atom is -0.478 e. The topological polar surface area (TPSA) is 49.3 Å². The molecule has 0 unspecified atom stereocenters. The molecule has 1 saturated carbocycles. The van der Waals surface area contributed by atoms with Gasteiger partial charge >= 0.3 is 5.97 Å². The summed E-state index contributed by atoms with van der Waals surface area (Å²) in [7, 11) is 0. The molecule has 2 rings (SSSR count). The third-order valence-corrected chi connectivity index (χ3v) is 3.14. The highest BCUT2D eigenvalue weighted by atomic mass is 16.4. The molecule has 0 atom stereocenters. The van der Waals surface area contributed by atoms with Gasteiger partial charge in [0.2, 0.25) is 0 Å². The SMILES string of the molecule is Cc1ccc(C(=O)O)c(NC2CC(C)C2)c1. The second-order valence-corrected chi connectivity index (χ2v) is 4.77. The van der Waals surface area contributed by atoms with E-state index in [-0.39, 0.29) is 0 Å². The number of aromatic carboxylic acids is 1. The Bertz CT molecular complexity index is 408. The van der Waals surface area contributed by atoms with Gasteiger partial charge in [-0.1, -0.05) is 13.0 Å². The molecule has 1 aromatic carbocycles. The zero-order chi connectivity index (χ0) is 11.7. The Labute approximate surface area is 95.5 Å². The summed E-state index contributed by atoms with van der Waals surface area (Å²) in [5, 5.41) is 12.4. The molecule has 0 amide bonds. The van der Waals surface area contributed by atoms with Gasteiger partial charge in [0.15, 0.2) is 0 Å². The van der Waals surface area contributed by atoms with Crippen LogP contribution in [-0.4, -0.2) is 17.1 Å². The molecule has 3 nitrogen and oxygen atoms in total. The molecule has 1 fully saturated rings. The first-order valence-corrected chi connectivity index (χ1v) is 5.66. The summed E-state index contributed by atoms with van der Waals surface area (Å²) in [4.78, 5) is 11.0. The van der Waals surface area contributed by atoms with E-state index < -0.39 is 5.97 Å². The van der Waals surface area contributed by atoms with E-state index in [1.165, 1.54) is 0 Å². The zero-order valence-corrected chi connectivity index (χ0v) is 9.66. The molecule has 0 radical (unpaired) electrons. The van der Waals surface area contributed by atoms with Gasteiger partial charge in [-0.3, -0.25) is 0 Å². The van der Waals surface area contributed by atoms with Gasteiger partial charge in [0.25, 0.3) is 0 Å². The first-order valence-electron chi connectivity index (χ1n) is 5.66. The third-order valence-electron chi connectivity index (χ3n) is 3.14. The lowest BCUT2D eigenvalue weighted by Crippen LogP contribution is -2.34. The van der Waals surface area contributed by atoms with Crippen LogP contribution in [0.15, 0.2) is 18.2 Å². The highest BCUT2D eigenvalue weighted by Crippen LogP contribution is 2.30. The Balaban J connectivity index is 2.17. The zero-order valence-electron chi connectivity index (χ0n) is 9.66. The van der Waals surface area contributed by atoms with E-state index in [4.69, 9.17) is 5.11 Å². The average molecular weight is 219 g/mol. The van der Waals surface area contributed by atoms with Crippen molar-refractivity contribution in [2.24, 2.45) is 5.92 Å². The summed E-state index contributed by atoms with van der Waals surface area (Å²) in [6.07, 6.45) is 2.26. The quantitative estimate of drug-likeness (QED) is 0.821. The lowest BCUT2D eigenvalue weighted by atomic mass is 9.81. The van der Waals surface area contributed by atoms with Crippen molar-refractivity contribution >= 4 is 11.7 Å². The van der Waals surface area contributed by atoms with Gasteiger partial charge in [-0.2, -0.15) is 0 Å². The molecule has 1 aliphatic rings. The van der Waals surface area contributed by atoms with Crippen LogP contribution in [0, 0.1) is 12.8 Å². The largest absolute Gasteiger partial charge is 0.478 e. The number of carboxylic acids is 1. The lowest BCUT2D eigenvalue weighted by Gasteiger charge is -2.34.